The Bertz CT molecular complexity index is 1090. The number of aliphatic hydroxyl groups excluding tert-OH is 1. The quantitative estimate of drug-likeness (QED) is 0.369. The Hall–Kier alpha value is -2.68. The molecular weight excluding hydrogens is 484 g/mol. The monoisotopic (exact) mass is 514 g/mol. The Kier molecular flexibility index (Phi) is 7.19. The van der Waals surface area contributed by atoms with E-state index >= 15 is 0 Å². The highest BCUT2D eigenvalue weighted by Gasteiger charge is 2.71. The number of hydrogen-bond donors (Lipinski definition) is 1. The lowest BCUT2D eigenvalue weighted by molar-refractivity contribution is -0.154. The van der Waals surface area contributed by atoms with Crippen LogP contribution in [0, 0.1) is 11.8 Å². The first-order chi connectivity index (χ1) is 17.5. The first-order valence-corrected chi connectivity index (χ1v) is 13.0. The summed E-state index contributed by atoms with van der Waals surface area (Å²) in [4.78, 5) is 44.6. The average Bonchev–Trinajstić information content (AvgIpc) is 3.25. The van der Waals surface area contributed by atoms with Gasteiger partial charge in [-0.25, -0.2) is 0 Å². The van der Waals surface area contributed by atoms with Crippen molar-refractivity contribution in [3.63, 3.8) is 0 Å². The SMILES string of the molecule is O=C1OCCCC/C=C\[C@@H]2O[C@]34C=CCN(c5ccccc5Cl)C(=O)C3N(CCCCO)C(=O)[C@@H]4[C@H]12. The lowest BCUT2D eigenvalue weighted by Crippen LogP contribution is -2.55. The number of para-hydroxylation sites is 1. The van der Waals surface area contributed by atoms with E-state index in [0.29, 0.717) is 30.2 Å². The molecule has 2 saturated heterocycles. The van der Waals surface area contributed by atoms with Crippen molar-refractivity contribution in [3.05, 3.63) is 53.6 Å². The average molecular weight is 515 g/mol. The van der Waals surface area contributed by atoms with Crippen LogP contribution in [0.4, 0.5) is 5.69 Å². The number of unbranched alkanes of at least 4 members (excludes halogenated alkanes) is 1. The molecule has 5 rings (SSSR count). The summed E-state index contributed by atoms with van der Waals surface area (Å²) in [6, 6.07) is 6.12. The Morgan fingerprint density at radius 3 is 2.72 bits per heavy atom. The van der Waals surface area contributed by atoms with E-state index in [1.807, 2.05) is 18.2 Å². The molecule has 8 nitrogen and oxygen atoms in total. The van der Waals surface area contributed by atoms with Crippen LogP contribution < -0.4 is 4.90 Å². The Morgan fingerprint density at radius 2 is 1.92 bits per heavy atom. The van der Waals surface area contributed by atoms with Gasteiger partial charge in [-0.15, -0.1) is 0 Å². The molecule has 1 spiro atoms. The highest BCUT2D eigenvalue weighted by Crippen LogP contribution is 2.53. The molecule has 1 N–H and O–H groups in total. The van der Waals surface area contributed by atoms with Crippen molar-refractivity contribution < 1.29 is 29.0 Å². The first kappa shape index (κ1) is 25.0. The molecule has 0 aliphatic carbocycles. The molecule has 1 aromatic rings. The van der Waals surface area contributed by atoms with E-state index in [1.54, 1.807) is 35.2 Å². The summed E-state index contributed by atoms with van der Waals surface area (Å²) in [5.74, 6) is -2.81. The van der Waals surface area contributed by atoms with Crippen LogP contribution in [-0.4, -0.2) is 71.8 Å². The van der Waals surface area contributed by atoms with Gasteiger partial charge in [0.05, 0.1) is 29.3 Å². The fraction of sp³-hybridized carbons (Fsp3) is 0.519. The Balaban J connectivity index is 1.59. The van der Waals surface area contributed by atoms with E-state index in [0.717, 1.165) is 19.3 Å². The molecule has 0 aromatic heterocycles. The molecule has 4 aliphatic heterocycles. The highest BCUT2D eigenvalue weighted by atomic mass is 35.5. The molecule has 4 heterocycles. The third-order valence-corrected chi connectivity index (χ3v) is 7.87. The molecule has 0 radical (unpaired) electrons. The number of hydrogen-bond acceptors (Lipinski definition) is 6. The van der Waals surface area contributed by atoms with Gasteiger partial charge in [-0.1, -0.05) is 48.0 Å². The van der Waals surface area contributed by atoms with Crippen molar-refractivity contribution in [2.45, 2.75) is 49.9 Å². The second-order valence-electron chi connectivity index (χ2n) is 9.70. The number of halogens is 1. The Labute approximate surface area is 215 Å². The molecule has 192 valence electrons. The van der Waals surface area contributed by atoms with E-state index in [2.05, 4.69) is 0 Å². The third kappa shape index (κ3) is 4.15. The standard InChI is InChI=1S/C27H31ClN2O6/c28-18-10-4-5-11-19(18)29-15-9-13-27-22(24(32)30(14-6-7-16-31)23(27)25(29)33)21-20(36-27)12-3-1-2-8-17-35-26(21)34/h3-5,9-13,20-23,31H,1-2,6-8,14-17H2/b12-3-/t20-,21+,22-,23?,27-/m0/s1. The summed E-state index contributed by atoms with van der Waals surface area (Å²) in [6.45, 7) is 0.802. The maximum atomic E-state index is 14.2. The Morgan fingerprint density at radius 1 is 1.08 bits per heavy atom. The number of cyclic esters (lactones) is 1. The third-order valence-electron chi connectivity index (χ3n) is 7.55. The van der Waals surface area contributed by atoms with E-state index in [9.17, 15) is 19.5 Å². The molecule has 1 aromatic carbocycles. The number of carbonyl (C=O) groups excluding carboxylic acids is 3. The largest absolute Gasteiger partial charge is 0.465 e. The van der Waals surface area contributed by atoms with Gasteiger partial charge < -0.3 is 24.4 Å². The summed E-state index contributed by atoms with van der Waals surface area (Å²) in [5.41, 5.74) is -0.760. The number of allylic oxidation sites excluding steroid dienone is 1. The smallest absolute Gasteiger partial charge is 0.312 e. The van der Waals surface area contributed by atoms with Crippen LogP contribution in [0.3, 0.4) is 0 Å². The van der Waals surface area contributed by atoms with Crippen molar-refractivity contribution >= 4 is 35.1 Å². The van der Waals surface area contributed by atoms with Gasteiger partial charge in [0.2, 0.25) is 5.91 Å². The van der Waals surface area contributed by atoms with Crippen molar-refractivity contribution in [3.8, 4) is 0 Å². The lowest BCUT2D eigenvalue weighted by atomic mass is 9.78. The number of carbonyl (C=O) groups is 3. The fourth-order valence-electron chi connectivity index (χ4n) is 5.94. The molecule has 0 saturated carbocycles. The highest BCUT2D eigenvalue weighted by molar-refractivity contribution is 6.34. The summed E-state index contributed by atoms with van der Waals surface area (Å²) < 4.78 is 12.2. The molecule has 2 amide bonds. The van der Waals surface area contributed by atoms with Crippen molar-refractivity contribution in [1.29, 1.82) is 0 Å². The van der Waals surface area contributed by atoms with Gasteiger partial charge in [-0.2, -0.15) is 0 Å². The van der Waals surface area contributed by atoms with Crippen LogP contribution in [-0.2, 0) is 23.9 Å². The number of anilines is 1. The predicted molar refractivity (Wildman–Crippen MR) is 133 cm³/mol. The van der Waals surface area contributed by atoms with Gasteiger partial charge in [0.15, 0.2) is 0 Å². The van der Waals surface area contributed by atoms with Crippen LogP contribution in [0.2, 0.25) is 5.02 Å². The molecule has 4 aliphatic rings. The molecular formula is C27H31ClN2O6. The van der Waals surface area contributed by atoms with E-state index in [4.69, 9.17) is 21.1 Å². The number of fused-ring (bicyclic) bond motifs is 2. The second-order valence-corrected chi connectivity index (χ2v) is 10.1. The van der Waals surface area contributed by atoms with Crippen molar-refractivity contribution in [1.82, 2.24) is 4.90 Å². The predicted octanol–water partition coefficient (Wildman–Crippen LogP) is 2.88. The van der Waals surface area contributed by atoms with Gasteiger partial charge >= 0.3 is 5.97 Å². The minimum Gasteiger partial charge on any atom is -0.465 e. The van der Waals surface area contributed by atoms with Gasteiger partial charge in [0.1, 0.15) is 17.6 Å². The number of likely N-dealkylation sites (tertiary alicyclic amines) is 1. The van der Waals surface area contributed by atoms with Crippen LogP contribution in [0.25, 0.3) is 0 Å². The van der Waals surface area contributed by atoms with Gasteiger partial charge in [0, 0.05) is 19.7 Å². The minimum atomic E-state index is -1.31. The molecule has 5 atom stereocenters. The fourth-order valence-corrected chi connectivity index (χ4v) is 6.17. The van der Waals surface area contributed by atoms with E-state index in [-0.39, 0.29) is 31.5 Å². The number of ether oxygens (including phenoxy) is 2. The number of amides is 2. The zero-order valence-electron chi connectivity index (χ0n) is 20.1. The first-order valence-electron chi connectivity index (χ1n) is 12.7. The number of rotatable bonds is 5. The maximum Gasteiger partial charge on any atom is 0.312 e. The molecule has 0 bridgehead atoms. The molecule has 1 unspecified atom stereocenters. The summed E-state index contributed by atoms with van der Waals surface area (Å²) in [5, 5.41) is 9.74. The van der Waals surface area contributed by atoms with Crippen molar-refractivity contribution in [2.75, 3.05) is 31.2 Å². The number of esters is 1. The summed E-state index contributed by atoms with van der Waals surface area (Å²) in [6.07, 6.45) is 10.3. The van der Waals surface area contributed by atoms with Crippen LogP contribution >= 0.6 is 11.6 Å². The van der Waals surface area contributed by atoms with Crippen LogP contribution in [0.15, 0.2) is 48.6 Å². The maximum absolute atomic E-state index is 14.2. The van der Waals surface area contributed by atoms with Gasteiger partial charge in [0.25, 0.3) is 5.91 Å². The molecule has 2 fully saturated rings. The molecule has 36 heavy (non-hydrogen) atoms. The summed E-state index contributed by atoms with van der Waals surface area (Å²) >= 11 is 6.45. The van der Waals surface area contributed by atoms with Crippen LogP contribution in [0.5, 0.6) is 0 Å². The second kappa shape index (κ2) is 10.4. The number of benzene rings is 1. The van der Waals surface area contributed by atoms with Gasteiger partial charge in [-0.05, 0) is 44.2 Å². The number of aliphatic hydroxyl groups is 1. The number of nitrogens with zero attached hydrogens (tertiary/aromatic N) is 2. The van der Waals surface area contributed by atoms with Crippen LogP contribution in [0.1, 0.15) is 32.1 Å². The zero-order chi connectivity index (χ0) is 25.3. The normalized spacial score (nSPS) is 33.0. The van der Waals surface area contributed by atoms with Crippen molar-refractivity contribution in [2.24, 2.45) is 11.8 Å². The van der Waals surface area contributed by atoms with Gasteiger partial charge in [-0.3, -0.25) is 14.4 Å². The summed E-state index contributed by atoms with van der Waals surface area (Å²) in [7, 11) is 0. The topological polar surface area (TPSA) is 96.4 Å². The van der Waals surface area contributed by atoms with E-state index in [1.165, 1.54) is 4.90 Å². The lowest BCUT2D eigenvalue weighted by Gasteiger charge is -2.35. The molecule has 9 heteroatoms. The zero-order valence-corrected chi connectivity index (χ0v) is 20.8. The van der Waals surface area contributed by atoms with E-state index < -0.39 is 35.6 Å². The minimum absolute atomic E-state index is 0.0147.